The van der Waals surface area contributed by atoms with Gasteiger partial charge in [0, 0.05) is 38.8 Å². The maximum Gasteiger partial charge on any atom is 0.236 e. The molecule has 1 unspecified atom stereocenters. The van der Waals surface area contributed by atoms with E-state index in [9.17, 15) is 13.2 Å². The van der Waals surface area contributed by atoms with Crippen LogP contribution in [0.2, 0.25) is 0 Å². The van der Waals surface area contributed by atoms with Crippen LogP contribution in [0.3, 0.4) is 0 Å². The van der Waals surface area contributed by atoms with Gasteiger partial charge in [-0.25, -0.2) is 8.42 Å². The predicted molar refractivity (Wildman–Crippen MR) is 115 cm³/mol. The lowest BCUT2D eigenvalue weighted by Crippen LogP contribution is -2.51. The number of hydrogen-bond donors (Lipinski definition) is 0. The third-order valence-electron chi connectivity index (χ3n) is 6.22. The first-order valence-electron chi connectivity index (χ1n) is 10.3. The predicted octanol–water partition coefficient (Wildman–Crippen LogP) is 1.60. The van der Waals surface area contributed by atoms with Gasteiger partial charge in [0.05, 0.1) is 18.1 Å². The van der Waals surface area contributed by atoms with Crippen molar-refractivity contribution >= 4 is 26.5 Å². The van der Waals surface area contributed by atoms with Gasteiger partial charge in [0.1, 0.15) is 0 Å². The molecule has 1 atom stereocenters. The molecule has 0 bridgehead atoms. The lowest BCUT2D eigenvalue weighted by molar-refractivity contribution is -0.134. The van der Waals surface area contributed by atoms with Gasteiger partial charge >= 0.3 is 0 Å². The number of rotatable bonds is 5. The van der Waals surface area contributed by atoms with Gasteiger partial charge in [-0.15, -0.1) is 0 Å². The van der Waals surface area contributed by atoms with E-state index in [1.165, 1.54) is 16.3 Å². The summed E-state index contributed by atoms with van der Waals surface area (Å²) in [6.45, 7) is 4.35. The molecule has 0 aliphatic carbocycles. The summed E-state index contributed by atoms with van der Waals surface area (Å²) in [5.74, 6) is 0.514. The minimum atomic E-state index is -2.93. The molecule has 0 N–H and O–H groups in total. The van der Waals surface area contributed by atoms with Crippen molar-refractivity contribution in [3.63, 3.8) is 0 Å². The van der Waals surface area contributed by atoms with E-state index in [4.69, 9.17) is 0 Å². The molecule has 0 spiro atoms. The van der Waals surface area contributed by atoms with Crippen LogP contribution in [0.15, 0.2) is 42.5 Å². The van der Waals surface area contributed by atoms with Crippen LogP contribution in [-0.4, -0.2) is 86.3 Å². The Hall–Kier alpha value is -1.96. The van der Waals surface area contributed by atoms with Gasteiger partial charge < -0.3 is 4.90 Å². The number of nitrogens with zero attached hydrogens (tertiary/aromatic N) is 3. The average molecular weight is 416 g/mol. The Morgan fingerprint density at radius 2 is 1.79 bits per heavy atom. The van der Waals surface area contributed by atoms with Crippen molar-refractivity contribution in [3.05, 3.63) is 48.0 Å². The third-order valence-corrected chi connectivity index (χ3v) is 7.97. The molecule has 1 amide bonds. The van der Waals surface area contributed by atoms with E-state index in [-0.39, 0.29) is 23.5 Å². The summed E-state index contributed by atoms with van der Waals surface area (Å²) in [5.41, 5.74) is 1.32. The molecular weight excluding hydrogens is 386 g/mol. The highest BCUT2D eigenvalue weighted by molar-refractivity contribution is 7.91. The summed E-state index contributed by atoms with van der Waals surface area (Å²) in [6, 6.07) is 14.9. The van der Waals surface area contributed by atoms with Crippen molar-refractivity contribution in [1.82, 2.24) is 14.7 Å². The van der Waals surface area contributed by atoms with Gasteiger partial charge in [0.15, 0.2) is 9.84 Å². The van der Waals surface area contributed by atoms with Crippen LogP contribution < -0.4 is 0 Å². The number of carbonyl (C=O) groups is 1. The highest BCUT2D eigenvalue weighted by atomic mass is 32.2. The molecule has 6 nitrogen and oxygen atoms in total. The second kappa shape index (κ2) is 8.42. The number of likely N-dealkylation sites (N-methyl/N-ethyl adjacent to an activating group) is 1. The fourth-order valence-corrected chi connectivity index (χ4v) is 6.20. The smallest absolute Gasteiger partial charge is 0.236 e. The fourth-order valence-electron chi connectivity index (χ4n) is 4.39. The van der Waals surface area contributed by atoms with Crippen molar-refractivity contribution in [3.8, 4) is 0 Å². The Morgan fingerprint density at radius 3 is 2.52 bits per heavy atom. The molecule has 0 aromatic heterocycles. The van der Waals surface area contributed by atoms with Gasteiger partial charge in [-0.3, -0.25) is 14.6 Å². The van der Waals surface area contributed by atoms with E-state index in [1.54, 1.807) is 0 Å². The van der Waals surface area contributed by atoms with Crippen molar-refractivity contribution < 1.29 is 13.2 Å². The SMILES string of the molecule is CN(CC(=O)N1CCN(Cc2cccc3ccccc23)CC1)C1CCS(=O)(=O)C1. The first-order chi connectivity index (χ1) is 13.9. The van der Waals surface area contributed by atoms with Crippen LogP contribution in [0.1, 0.15) is 12.0 Å². The topological polar surface area (TPSA) is 60.9 Å². The maximum atomic E-state index is 12.7. The van der Waals surface area contributed by atoms with Gasteiger partial charge in [0.2, 0.25) is 5.91 Å². The van der Waals surface area contributed by atoms with Crippen LogP contribution in [-0.2, 0) is 21.2 Å². The maximum absolute atomic E-state index is 12.7. The fraction of sp³-hybridized carbons (Fsp3) is 0.500. The highest BCUT2D eigenvalue weighted by Crippen LogP contribution is 2.21. The number of amides is 1. The lowest BCUT2D eigenvalue weighted by Gasteiger charge is -2.36. The van der Waals surface area contributed by atoms with Crippen molar-refractivity contribution in [1.29, 1.82) is 0 Å². The largest absolute Gasteiger partial charge is 0.339 e. The van der Waals surface area contributed by atoms with E-state index >= 15 is 0 Å². The zero-order valence-electron chi connectivity index (χ0n) is 17.0. The molecule has 2 saturated heterocycles. The van der Waals surface area contributed by atoms with Crippen LogP contribution in [0, 0.1) is 0 Å². The van der Waals surface area contributed by atoms with Gasteiger partial charge in [-0.1, -0.05) is 42.5 Å². The monoisotopic (exact) mass is 415 g/mol. The van der Waals surface area contributed by atoms with Crippen LogP contribution >= 0.6 is 0 Å². The number of benzene rings is 2. The Bertz CT molecular complexity index is 978. The number of piperazine rings is 1. The van der Waals surface area contributed by atoms with Crippen molar-refractivity contribution in [2.75, 3.05) is 51.3 Å². The van der Waals surface area contributed by atoms with Crippen LogP contribution in [0.25, 0.3) is 10.8 Å². The van der Waals surface area contributed by atoms with E-state index in [0.717, 1.165) is 32.7 Å². The zero-order chi connectivity index (χ0) is 20.4. The Labute approximate surface area is 173 Å². The quantitative estimate of drug-likeness (QED) is 0.742. The number of hydrogen-bond acceptors (Lipinski definition) is 5. The second-order valence-corrected chi connectivity index (χ2v) is 10.5. The van der Waals surface area contributed by atoms with E-state index in [2.05, 4.69) is 47.4 Å². The minimum Gasteiger partial charge on any atom is -0.339 e. The number of carbonyl (C=O) groups excluding carboxylic acids is 1. The Morgan fingerprint density at radius 1 is 1.07 bits per heavy atom. The van der Waals surface area contributed by atoms with E-state index in [0.29, 0.717) is 13.0 Å². The molecule has 7 heteroatoms. The minimum absolute atomic E-state index is 0.0309. The molecule has 2 aromatic rings. The third kappa shape index (κ3) is 4.79. The summed E-state index contributed by atoms with van der Waals surface area (Å²) in [4.78, 5) is 18.9. The van der Waals surface area contributed by atoms with Crippen molar-refractivity contribution in [2.24, 2.45) is 0 Å². The van der Waals surface area contributed by atoms with Crippen LogP contribution in [0.4, 0.5) is 0 Å². The molecule has 29 heavy (non-hydrogen) atoms. The first-order valence-corrected chi connectivity index (χ1v) is 12.1. The summed E-state index contributed by atoms with van der Waals surface area (Å²) >= 11 is 0. The molecule has 0 radical (unpaired) electrons. The molecule has 156 valence electrons. The number of fused-ring (bicyclic) bond motifs is 1. The lowest BCUT2D eigenvalue weighted by atomic mass is 10.0. The van der Waals surface area contributed by atoms with Gasteiger partial charge in [0.25, 0.3) is 0 Å². The highest BCUT2D eigenvalue weighted by Gasteiger charge is 2.32. The first kappa shape index (κ1) is 20.3. The summed E-state index contributed by atoms with van der Waals surface area (Å²) in [7, 11) is -1.07. The van der Waals surface area contributed by atoms with Crippen LogP contribution in [0.5, 0.6) is 0 Å². The second-order valence-electron chi connectivity index (χ2n) is 8.27. The van der Waals surface area contributed by atoms with E-state index < -0.39 is 9.84 Å². The molecular formula is C22H29N3O3S. The molecule has 2 aliphatic heterocycles. The molecule has 2 fully saturated rings. The zero-order valence-corrected chi connectivity index (χ0v) is 17.8. The Kier molecular flexibility index (Phi) is 5.90. The summed E-state index contributed by atoms with van der Waals surface area (Å²) < 4.78 is 23.3. The molecule has 2 heterocycles. The molecule has 0 saturated carbocycles. The summed E-state index contributed by atoms with van der Waals surface area (Å²) in [6.07, 6.45) is 0.630. The average Bonchev–Trinajstić information content (AvgIpc) is 3.09. The van der Waals surface area contributed by atoms with Gasteiger partial charge in [-0.05, 0) is 29.8 Å². The summed E-state index contributed by atoms with van der Waals surface area (Å²) in [5, 5.41) is 2.55. The molecule has 2 aliphatic rings. The number of sulfone groups is 1. The van der Waals surface area contributed by atoms with Gasteiger partial charge in [-0.2, -0.15) is 0 Å². The molecule has 4 rings (SSSR count). The van der Waals surface area contributed by atoms with E-state index in [1.807, 2.05) is 16.8 Å². The van der Waals surface area contributed by atoms with Crippen molar-refractivity contribution in [2.45, 2.75) is 19.0 Å². The Balaban J connectivity index is 1.29. The molecule has 2 aromatic carbocycles. The normalized spacial score (nSPS) is 22.4. The standard InChI is InChI=1S/C22H29N3O3S/c1-23(20-9-14-29(27,28)17-20)16-22(26)25-12-10-24(11-13-25)15-19-7-4-6-18-5-2-3-8-21(18)19/h2-8,20H,9-17H2,1H3.